The van der Waals surface area contributed by atoms with Crippen molar-refractivity contribution in [2.75, 3.05) is 13.1 Å². The number of alkyl halides is 1. The van der Waals surface area contributed by atoms with Crippen LogP contribution in [0.4, 0.5) is 4.39 Å². The summed E-state index contributed by atoms with van der Waals surface area (Å²) in [7, 11) is 0. The fourth-order valence-electron chi connectivity index (χ4n) is 4.56. The predicted octanol–water partition coefficient (Wildman–Crippen LogP) is 6.57. The summed E-state index contributed by atoms with van der Waals surface area (Å²) in [5.41, 5.74) is 3.99. The van der Waals surface area contributed by atoms with Gasteiger partial charge in [-0.2, -0.15) is 0 Å². The first kappa shape index (κ1) is 21.0. The predicted molar refractivity (Wildman–Crippen MR) is 118 cm³/mol. The Morgan fingerprint density at radius 3 is 2.29 bits per heavy atom. The van der Waals surface area contributed by atoms with Gasteiger partial charge in [0.25, 0.3) is 0 Å². The SMILES string of the molecule is CCN(CCc1ccccc1)C(C)CCc1ccc(C2CCCCC2F)cc1. The molecule has 0 spiro atoms. The molecule has 2 heteroatoms. The Kier molecular flexibility index (Phi) is 8.09. The Labute approximate surface area is 171 Å². The summed E-state index contributed by atoms with van der Waals surface area (Å²) in [6.45, 7) is 6.80. The minimum atomic E-state index is -0.651. The molecule has 0 heterocycles. The van der Waals surface area contributed by atoms with E-state index in [0.29, 0.717) is 6.04 Å². The number of rotatable bonds is 9. The molecule has 0 amide bonds. The molecule has 3 atom stereocenters. The molecule has 1 nitrogen and oxygen atoms in total. The summed E-state index contributed by atoms with van der Waals surface area (Å²) in [5.74, 6) is 0.121. The number of hydrogen-bond acceptors (Lipinski definition) is 1. The van der Waals surface area contributed by atoms with Crippen molar-refractivity contribution in [3.05, 3.63) is 71.3 Å². The van der Waals surface area contributed by atoms with E-state index in [9.17, 15) is 4.39 Å². The van der Waals surface area contributed by atoms with Crippen LogP contribution in [0.1, 0.15) is 68.6 Å². The van der Waals surface area contributed by atoms with Crippen LogP contribution in [0.25, 0.3) is 0 Å². The van der Waals surface area contributed by atoms with E-state index in [1.807, 2.05) is 0 Å². The second-order valence-corrected chi connectivity index (χ2v) is 8.40. The van der Waals surface area contributed by atoms with Crippen molar-refractivity contribution in [3.63, 3.8) is 0 Å². The Hall–Kier alpha value is -1.67. The summed E-state index contributed by atoms with van der Waals surface area (Å²) < 4.78 is 14.2. The van der Waals surface area contributed by atoms with Crippen LogP contribution >= 0.6 is 0 Å². The molecule has 0 saturated heterocycles. The number of halogens is 1. The maximum absolute atomic E-state index is 14.2. The maximum atomic E-state index is 14.2. The monoisotopic (exact) mass is 381 g/mol. The van der Waals surface area contributed by atoms with Gasteiger partial charge in [-0.05, 0) is 62.3 Å². The van der Waals surface area contributed by atoms with Crippen molar-refractivity contribution in [3.8, 4) is 0 Å². The Morgan fingerprint density at radius 2 is 1.61 bits per heavy atom. The Morgan fingerprint density at radius 1 is 0.929 bits per heavy atom. The lowest BCUT2D eigenvalue weighted by Crippen LogP contribution is -2.35. The van der Waals surface area contributed by atoms with E-state index in [1.54, 1.807) is 0 Å². The van der Waals surface area contributed by atoms with Crippen LogP contribution < -0.4 is 0 Å². The maximum Gasteiger partial charge on any atom is 0.107 e. The van der Waals surface area contributed by atoms with Crippen molar-refractivity contribution in [1.82, 2.24) is 4.90 Å². The molecule has 1 aliphatic rings. The van der Waals surface area contributed by atoms with E-state index in [2.05, 4.69) is 73.3 Å². The van der Waals surface area contributed by atoms with E-state index in [4.69, 9.17) is 0 Å². The van der Waals surface area contributed by atoms with Crippen LogP contribution in [0, 0.1) is 0 Å². The summed E-state index contributed by atoms with van der Waals surface area (Å²) in [6, 6.07) is 20.1. The zero-order chi connectivity index (χ0) is 19.8. The number of aryl methyl sites for hydroxylation is 1. The first-order chi connectivity index (χ1) is 13.7. The summed E-state index contributed by atoms with van der Waals surface area (Å²) >= 11 is 0. The molecule has 1 fully saturated rings. The molecule has 3 unspecified atom stereocenters. The van der Waals surface area contributed by atoms with E-state index in [1.165, 1.54) is 23.1 Å². The van der Waals surface area contributed by atoms with Gasteiger partial charge < -0.3 is 4.90 Å². The zero-order valence-corrected chi connectivity index (χ0v) is 17.6. The van der Waals surface area contributed by atoms with Crippen LogP contribution in [0.3, 0.4) is 0 Å². The lowest BCUT2D eigenvalue weighted by molar-refractivity contribution is 0.212. The molecule has 1 saturated carbocycles. The van der Waals surface area contributed by atoms with E-state index in [-0.39, 0.29) is 5.92 Å². The van der Waals surface area contributed by atoms with Crippen LogP contribution in [0.15, 0.2) is 54.6 Å². The van der Waals surface area contributed by atoms with Gasteiger partial charge in [0.15, 0.2) is 0 Å². The molecule has 0 N–H and O–H groups in total. The molecule has 152 valence electrons. The highest BCUT2D eigenvalue weighted by Gasteiger charge is 2.25. The number of hydrogen-bond donors (Lipinski definition) is 0. The third-order valence-corrected chi connectivity index (χ3v) is 6.50. The quantitative estimate of drug-likeness (QED) is 0.475. The van der Waals surface area contributed by atoms with Crippen LogP contribution in [0.5, 0.6) is 0 Å². The minimum absolute atomic E-state index is 0.121. The first-order valence-electron chi connectivity index (χ1n) is 11.2. The molecule has 3 rings (SSSR count). The zero-order valence-electron chi connectivity index (χ0n) is 17.6. The van der Waals surface area contributed by atoms with Gasteiger partial charge in [0.2, 0.25) is 0 Å². The molecule has 28 heavy (non-hydrogen) atoms. The Balaban J connectivity index is 1.48. The van der Waals surface area contributed by atoms with Crippen molar-refractivity contribution in [1.29, 1.82) is 0 Å². The molecular formula is C26H36FN. The fraction of sp³-hybridized carbons (Fsp3) is 0.538. The molecule has 0 aliphatic heterocycles. The number of nitrogens with zero attached hydrogens (tertiary/aromatic N) is 1. The molecule has 2 aromatic rings. The number of benzene rings is 2. The second kappa shape index (κ2) is 10.8. The standard InChI is InChI=1S/C26H36FN/c1-3-28(20-19-22-9-5-4-6-10-22)21(2)13-14-23-15-17-24(18-16-23)25-11-7-8-12-26(25)27/h4-6,9-10,15-18,21,25-26H,3,7-8,11-14,19-20H2,1-2H3. The highest BCUT2D eigenvalue weighted by molar-refractivity contribution is 5.27. The topological polar surface area (TPSA) is 3.24 Å². The average Bonchev–Trinajstić information content (AvgIpc) is 2.74. The average molecular weight is 382 g/mol. The third kappa shape index (κ3) is 5.91. The van der Waals surface area contributed by atoms with Gasteiger partial charge in [-0.3, -0.25) is 0 Å². The molecule has 2 aromatic carbocycles. The summed E-state index contributed by atoms with van der Waals surface area (Å²) in [4.78, 5) is 2.58. The normalized spacial score (nSPS) is 21.0. The lowest BCUT2D eigenvalue weighted by atomic mass is 9.82. The van der Waals surface area contributed by atoms with Crippen molar-refractivity contribution in [2.45, 2.75) is 76.9 Å². The van der Waals surface area contributed by atoms with Crippen molar-refractivity contribution >= 4 is 0 Å². The van der Waals surface area contributed by atoms with Crippen molar-refractivity contribution < 1.29 is 4.39 Å². The smallest absolute Gasteiger partial charge is 0.107 e. The molecule has 0 radical (unpaired) electrons. The molecule has 1 aliphatic carbocycles. The van der Waals surface area contributed by atoms with E-state index >= 15 is 0 Å². The van der Waals surface area contributed by atoms with Gasteiger partial charge in [0.1, 0.15) is 6.17 Å². The molecule has 0 bridgehead atoms. The van der Waals surface area contributed by atoms with E-state index < -0.39 is 6.17 Å². The van der Waals surface area contributed by atoms with Gasteiger partial charge in [-0.25, -0.2) is 4.39 Å². The minimum Gasteiger partial charge on any atom is -0.301 e. The van der Waals surface area contributed by atoms with Gasteiger partial charge >= 0.3 is 0 Å². The highest BCUT2D eigenvalue weighted by atomic mass is 19.1. The highest BCUT2D eigenvalue weighted by Crippen LogP contribution is 2.35. The van der Waals surface area contributed by atoms with Gasteiger partial charge in [0.05, 0.1) is 0 Å². The summed E-state index contributed by atoms with van der Waals surface area (Å²) in [6.07, 6.45) is 6.67. The molecular weight excluding hydrogens is 345 g/mol. The molecule has 0 aromatic heterocycles. The second-order valence-electron chi connectivity index (χ2n) is 8.40. The third-order valence-electron chi connectivity index (χ3n) is 6.50. The van der Waals surface area contributed by atoms with Gasteiger partial charge in [-0.1, -0.05) is 74.4 Å². The Bertz CT molecular complexity index is 681. The fourth-order valence-corrected chi connectivity index (χ4v) is 4.56. The van der Waals surface area contributed by atoms with Gasteiger partial charge in [-0.15, -0.1) is 0 Å². The van der Waals surface area contributed by atoms with Crippen LogP contribution in [-0.4, -0.2) is 30.2 Å². The lowest BCUT2D eigenvalue weighted by Gasteiger charge is -2.28. The number of likely N-dealkylation sites (N-methyl/N-ethyl adjacent to an activating group) is 1. The van der Waals surface area contributed by atoms with Gasteiger partial charge in [0, 0.05) is 18.5 Å². The van der Waals surface area contributed by atoms with Crippen LogP contribution in [-0.2, 0) is 12.8 Å². The largest absolute Gasteiger partial charge is 0.301 e. The van der Waals surface area contributed by atoms with Crippen molar-refractivity contribution in [2.24, 2.45) is 0 Å². The first-order valence-corrected chi connectivity index (χ1v) is 11.2. The van der Waals surface area contributed by atoms with E-state index in [0.717, 1.165) is 51.6 Å². The van der Waals surface area contributed by atoms with Crippen LogP contribution in [0.2, 0.25) is 0 Å². The summed E-state index contributed by atoms with van der Waals surface area (Å²) in [5, 5.41) is 0.